The molecule has 102 valence electrons. The Morgan fingerprint density at radius 2 is 2.11 bits per heavy atom. The lowest BCUT2D eigenvalue weighted by molar-refractivity contribution is -0.313. The van der Waals surface area contributed by atoms with Crippen molar-refractivity contribution in [3.63, 3.8) is 0 Å². The molecule has 0 aromatic heterocycles. The molecule has 0 unspecified atom stereocenters. The van der Waals surface area contributed by atoms with Crippen molar-refractivity contribution < 1.29 is 23.8 Å². The Morgan fingerprint density at radius 1 is 1.33 bits per heavy atom. The molecule has 3 rings (SSSR count). The standard InChI is InChI=1S/C12H19NO5/c1-5-7-6-12(18-13-7)9-8(10(14-4)17-12)15-11(2,3)16-9/h8-10H,5-6H2,1-4H3/t8-,9+,10-,12-/m1/s1. The molecule has 0 aromatic carbocycles. The maximum Gasteiger partial charge on any atom is 0.273 e. The molecular weight excluding hydrogens is 238 g/mol. The highest BCUT2D eigenvalue weighted by Crippen LogP contribution is 2.48. The quantitative estimate of drug-likeness (QED) is 0.748. The third-order valence-corrected chi connectivity index (χ3v) is 3.57. The van der Waals surface area contributed by atoms with Crippen LogP contribution in [0.2, 0.25) is 0 Å². The van der Waals surface area contributed by atoms with Crippen LogP contribution in [0.25, 0.3) is 0 Å². The summed E-state index contributed by atoms with van der Waals surface area (Å²) in [6, 6.07) is 0. The zero-order chi connectivity index (χ0) is 13.0. The van der Waals surface area contributed by atoms with Crippen LogP contribution in [0.1, 0.15) is 33.6 Å². The summed E-state index contributed by atoms with van der Waals surface area (Å²) in [4.78, 5) is 5.52. The first-order valence-corrected chi connectivity index (χ1v) is 6.30. The van der Waals surface area contributed by atoms with Gasteiger partial charge in [-0.25, -0.2) is 0 Å². The highest BCUT2D eigenvalue weighted by molar-refractivity contribution is 5.85. The number of hydrogen-bond donors (Lipinski definition) is 0. The van der Waals surface area contributed by atoms with E-state index in [0.717, 1.165) is 12.1 Å². The monoisotopic (exact) mass is 257 g/mol. The number of ether oxygens (including phenoxy) is 4. The normalized spacial score (nSPS) is 45.1. The van der Waals surface area contributed by atoms with Crippen molar-refractivity contribution in [1.82, 2.24) is 0 Å². The van der Waals surface area contributed by atoms with Crippen molar-refractivity contribution in [3.8, 4) is 0 Å². The molecule has 6 nitrogen and oxygen atoms in total. The van der Waals surface area contributed by atoms with E-state index in [-0.39, 0.29) is 12.2 Å². The van der Waals surface area contributed by atoms with Crippen LogP contribution in [-0.4, -0.2) is 42.9 Å². The number of methoxy groups -OCH3 is 1. The molecule has 2 saturated heterocycles. The minimum absolute atomic E-state index is 0.281. The van der Waals surface area contributed by atoms with Gasteiger partial charge in [0.1, 0.15) is 6.10 Å². The van der Waals surface area contributed by atoms with E-state index in [1.54, 1.807) is 7.11 Å². The van der Waals surface area contributed by atoms with Crippen LogP contribution in [0, 0.1) is 0 Å². The fourth-order valence-electron chi connectivity index (χ4n) is 2.74. The Labute approximate surface area is 106 Å². The van der Waals surface area contributed by atoms with Crippen LogP contribution >= 0.6 is 0 Å². The smallest absolute Gasteiger partial charge is 0.273 e. The SMILES string of the molecule is CCC1=NO[C@@]2(C1)O[C@@H](OC)[C@@H]1OC(C)(C)O[C@@H]12. The molecule has 4 atom stereocenters. The average molecular weight is 257 g/mol. The van der Waals surface area contributed by atoms with Crippen LogP contribution in [-0.2, 0) is 23.8 Å². The molecule has 0 amide bonds. The summed E-state index contributed by atoms with van der Waals surface area (Å²) in [6.07, 6.45) is 0.360. The van der Waals surface area contributed by atoms with E-state index in [0.29, 0.717) is 6.42 Å². The van der Waals surface area contributed by atoms with Gasteiger partial charge < -0.3 is 23.8 Å². The molecule has 3 aliphatic heterocycles. The summed E-state index contributed by atoms with van der Waals surface area (Å²) in [5, 5.41) is 4.07. The molecule has 0 aliphatic carbocycles. The van der Waals surface area contributed by atoms with E-state index in [2.05, 4.69) is 5.16 Å². The van der Waals surface area contributed by atoms with Crippen LogP contribution < -0.4 is 0 Å². The number of hydrogen-bond acceptors (Lipinski definition) is 6. The van der Waals surface area contributed by atoms with E-state index in [1.807, 2.05) is 20.8 Å². The second kappa shape index (κ2) is 3.90. The Hall–Kier alpha value is -0.690. The minimum atomic E-state index is -0.884. The summed E-state index contributed by atoms with van der Waals surface area (Å²) in [6.45, 7) is 5.79. The lowest BCUT2D eigenvalue weighted by Gasteiger charge is -2.28. The zero-order valence-electron chi connectivity index (χ0n) is 11.1. The van der Waals surface area contributed by atoms with Gasteiger partial charge in [-0.15, -0.1) is 0 Å². The Morgan fingerprint density at radius 3 is 2.72 bits per heavy atom. The molecule has 0 bridgehead atoms. The first kappa shape index (κ1) is 12.3. The summed E-state index contributed by atoms with van der Waals surface area (Å²) >= 11 is 0. The van der Waals surface area contributed by atoms with Gasteiger partial charge >= 0.3 is 0 Å². The Kier molecular flexibility index (Phi) is 2.68. The predicted molar refractivity (Wildman–Crippen MR) is 61.9 cm³/mol. The van der Waals surface area contributed by atoms with Crippen molar-refractivity contribution in [2.24, 2.45) is 5.16 Å². The Bertz CT molecular complexity index is 383. The van der Waals surface area contributed by atoms with Crippen molar-refractivity contribution in [2.45, 2.75) is 63.7 Å². The van der Waals surface area contributed by atoms with Crippen molar-refractivity contribution >= 4 is 5.71 Å². The van der Waals surface area contributed by atoms with E-state index in [9.17, 15) is 0 Å². The number of nitrogens with zero attached hydrogens (tertiary/aromatic N) is 1. The number of fused-ring (bicyclic) bond motifs is 2. The fourth-order valence-corrected chi connectivity index (χ4v) is 2.74. The second-order valence-corrected chi connectivity index (χ2v) is 5.33. The van der Waals surface area contributed by atoms with Crippen molar-refractivity contribution in [3.05, 3.63) is 0 Å². The summed E-state index contributed by atoms with van der Waals surface area (Å²) in [5.74, 6) is -1.54. The van der Waals surface area contributed by atoms with Crippen LogP contribution in [0.3, 0.4) is 0 Å². The third-order valence-electron chi connectivity index (χ3n) is 3.57. The van der Waals surface area contributed by atoms with Crippen molar-refractivity contribution in [1.29, 1.82) is 0 Å². The first-order valence-electron chi connectivity index (χ1n) is 6.30. The number of oxime groups is 1. The molecular formula is C12H19NO5. The third kappa shape index (κ3) is 1.67. The molecule has 3 aliphatic rings. The van der Waals surface area contributed by atoms with Gasteiger partial charge in [-0.1, -0.05) is 12.1 Å². The minimum Gasteiger partial charge on any atom is -0.357 e. The van der Waals surface area contributed by atoms with Gasteiger partial charge in [0.25, 0.3) is 5.79 Å². The van der Waals surface area contributed by atoms with E-state index < -0.39 is 17.9 Å². The summed E-state index contributed by atoms with van der Waals surface area (Å²) in [5.41, 5.74) is 0.971. The topological polar surface area (TPSA) is 58.5 Å². The van der Waals surface area contributed by atoms with Gasteiger partial charge in [0, 0.05) is 7.11 Å². The van der Waals surface area contributed by atoms with Gasteiger partial charge in [0.15, 0.2) is 18.2 Å². The van der Waals surface area contributed by atoms with Gasteiger partial charge in [-0.05, 0) is 20.3 Å². The largest absolute Gasteiger partial charge is 0.357 e. The second-order valence-electron chi connectivity index (χ2n) is 5.33. The van der Waals surface area contributed by atoms with Gasteiger partial charge in [0.2, 0.25) is 0 Å². The van der Waals surface area contributed by atoms with Crippen molar-refractivity contribution in [2.75, 3.05) is 7.11 Å². The lowest BCUT2D eigenvalue weighted by Crippen LogP contribution is -2.43. The molecule has 2 fully saturated rings. The summed E-state index contributed by atoms with van der Waals surface area (Å²) in [7, 11) is 1.59. The molecule has 0 N–H and O–H groups in total. The highest BCUT2D eigenvalue weighted by Gasteiger charge is 2.67. The zero-order valence-corrected chi connectivity index (χ0v) is 11.1. The van der Waals surface area contributed by atoms with Crippen LogP contribution in [0.5, 0.6) is 0 Å². The van der Waals surface area contributed by atoms with E-state index in [4.69, 9.17) is 23.8 Å². The maximum absolute atomic E-state index is 5.91. The van der Waals surface area contributed by atoms with Gasteiger partial charge in [-0.2, -0.15) is 0 Å². The van der Waals surface area contributed by atoms with Crippen LogP contribution in [0.4, 0.5) is 0 Å². The molecule has 1 spiro atoms. The van der Waals surface area contributed by atoms with Crippen LogP contribution in [0.15, 0.2) is 5.16 Å². The molecule has 6 heteroatoms. The lowest BCUT2D eigenvalue weighted by atomic mass is 10.0. The maximum atomic E-state index is 5.91. The van der Waals surface area contributed by atoms with E-state index in [1.165, 1.54) is 0 Å². The van der Waals surface area contributed by atoms with Gasteiger partial charge in [-0.3, -0.25) is 0 Å². The summed E-state index contributed by atoms with van der Waals surface area (Å²) < 4.78 is 22.9. The highest BCUT2D eigenvalue weighted by atomic mass is 16.9. The Balaban J connectivity index is 1.85. The molecule has 3 heterocycles. The van der Waals surface area contributed by atoms with Gasteiger partial charge in [0.05, 0.1) is 12.1 Å². The molecule has 0 saturated carbocycles. The number of rotatable bonds is 2. The first-order chi connectivity index (χ1) is 8.50. The average Bonchev–Trinajstić information content (AvgIpc) is 2.94. The molecule has 18 heavy (non-hydrogen) atoms. The van der Waals surface area contributed by atoms with E-state index >= 15 is 0 Å². The molecule has 0 radical (unpaired) electrons. The molecule has 0 aromatic rings. The fraction of sp³-hybridized carbons (Fsp3) is 0.917. The predicted octanol–water partition coefficient (Wildman–Crippen LogP) is 1.39.